The molecule has 0 aliphatic carbocycles. The van der Waals surface area contributed by atoms with Crippen LogP contribution in [0.2, 0.25) is 0 Å². The number of furan rings is 1. The van der Waals surface area contributed by atoms with E-state index in [4.69, 9.17) is 9.15 Å². The van der Waals surface area contributed by atoms with Gasteiger partial charge in [-0.15, -0.1) is 0 Å². The Labute approximate surface area is 179 Å². The minimum Gasteiger partial charge on any atom is -0.463 e. The van der Waals surface area contributed by atoms with E-state index in [2.05, 4.69) is 18.4 Å². The van der Waals surface area contributed by atoms with Gasteiger partial charge in [-0.3, -0.25) is 13.9 Å². The van der Waals surface area contributed by atoms with E-state index >= 15 is 0 Å². The number of hydrogen-bond donors (Lipinski definition) is 0. The van der Waals surface area contributed by atoms with Crippen molar-refractivity contribution in [1.82, 2.24) is 13.7 Å². The predicted octanol–water partition coefficient (Wildman–Crippen LogP) is 3.46. The highest BCUT2D eigenvalue weighted by molar-refractivity contribution is 5.96. The number of aryl methyl sites for hydroxylation is 2. The van der Waals surface area contributed by atoms with Gasteiger partial charge in [-0.1, -0.05) is 30.3 Å². The van der Waals surface area contributed by atoms with Gasteiger partial charge in [0.15, 0.2) is 6.10 Å². The van der Waals surface area contributed by atoms with Gasteiger partial charge in [0.1, 0.15) is 11.5 Å². The summed E-state index contributed by atoms with van der Waals surface area (Å²) in [6.45, 7) is 6.47. The molecule has 4 aromatic rings. The Balaban J connectivity index is 2.03. The SMILES string of the molecule is Cc1ccc([C@@H]2OCC(C)(C)n3c(-c4ccccc4)c4c(=O)n(C)c(=O)n(C)c4c32)o1. The standard InChI is InChI=1S/C24H25N3O4/c1-14-11-12-16(31-14)21-20-19-17(22(28)26(5)23(29)25(19)4)18(15-9-7-6-8-10-15)27(20)24(2,3)13-30-21/h6-12,21H,13H2,1-5H3/t21-/m0/s1. The first-order valence-corrected chi connectivity index (χ1v) is 10.3. The van der Waals surface area contributed by atoms with Crippen molar-refractivity contribution in [1.29, 1.82) is 0 Å². The van der Waals surface area contributed by atoms with Gasteiger partial charge >= 0.3 is 5.69 Å². The molecule has 0 N–H and O–H groups in total. The summed E-state index contributed by atoms with van der Waals surface area (Å²) in [5.74, 6) is 1.43. The second kappa shape index (κ2) is 6.59. The third-order valence-corrected chi connectivity index (χ3v) is 6.13. The largest absolute Gasteiger partial charge is 0.463 e. The number of benzene rings is 1. The molecular weight excluding hydrogens is 394 g/mol. The summed E-state index contributed by atoms with van der Waals surface area (Å²) >= 11 is 0. The van der Waals surface area contributed by atoms with Crippen LogP contribution in [0.15, 0.2) is 56.5 Å². The van der Waals surface area contributed by atoms with Gasteiger partial charge in [0, 0.05) is 14.1 Å². The Morgan fingerprint density at radius 2 is 1.71 bits per heavy atom. The lowest BCUT2D eigenvalue weighted by Crippen LogP contribution is -2.40. The van der Waals surface area contributed by atoms with E-state index in [1.807, 2.05) is 49.4 Å². The molecule has 1 aliphatic rings. The second-order valence-corrected chi connectivity index (χ2v) is 8.82. The minimum atomic E-state index is -0.528. The molecule has 7 heteroatoms. The second-order valence-electron chi connectivity index (χ2n) is 8.82. The summed E-state index contributed by atoms with van der Waals surface area (Å²) in [6.07, 6.45) is -0.528. The molecule has 1 aromatic carbocycles. The van der Waals surface area contributed by atoms with Crippen LogP contribution in [0, 0.1) is 6.92 Å². The van der Waals surface area contributed by atoms with Crippen molar-refractivity contribution in [2.24, 2.45) is 14.1 Å². The van der Waals surface area contributed by atoms with Crippen LogP contribution in [0.25, 0.3) is 22.2 Å². The Hall–Kier alpha value is -3.32. The van der Waals surface area contributed by atoms with Crippen LogP contribution in [-0.2, 0) is 24.4 Å². The van der Waals surface area contributed by atoms with Crippen molar-refractivity contribution < 1.29 is 9.15 Å². The molecule has 1 atom stereocenters. The first-order valence-electron chi connectivity index (χ1n) is 10.3. The molecule has 0 spiro atoms. The van der Waals surface area contributed by atoms with Gasteiger partial charge in [-0.25, -0.2) is 4.79 Å². The number of rotatable bonds is 2. The van der Waals surface area contributed by atoms with Crippen molar-refractivity contribution in [3.05, 3.63) is 80.5 Å². The van der Waals surface area contributed by atoms with Crippen LogP contribution in [0.3, 0.4) is 0 Å². The molecule has 0 saturated carbocycles. The third kappa shape index (κ3) is 2.69. The van der Waals surface area contributed by atoms with Crippen molar-refractivity contribution >= 4 is 10.9 Å². The van der Waals surface area contributed by atoms with Crippen molar-refractivity contribution in [3.63, 3.8) is 0 Å². The monoisotopic (exact) mass is 419 g/mol. The predicted molar refractivity (Wildman–Crippen MR) is 118 cm³/mol. The van der Waals surface area contributed by atoms with Crippen molar-refractivity contribution in [3.8, 4) is 11.3 Å². The molecule has 0 radical (unpaired) electrons. The van der Waals surface area contributed by atoms with Crippen LogP contribution in [0.4, 0.5) is 0 Å². The summed E-state index contributed by atoms with van der Waals surface area (Å²) in [7, 11) is 3.22. The van der Waals surface area contributed by atoms with E-state index in [1.54, 1.807) is 11.6 Å². The molecule has 1 aliphatic heterocycles. The molecule has 0 amide bonds. The van der Waals surface area contributed by atoms with Crippen LogP contribution in [0.1, 0.15) is 37.2 Å². The van der Waals surface area contributed by atoms with Gasteiger partial charge in [0.25, 0.3) is 5.56 Å². The quantitative estimate of drug-likeness (QED) is 0.499. The molecule has 7 nitrogen and oxygen atoms in total. The molecule has 3 aromatic heterocycles. The Kier molecular flexibility index (Phi) is 4.17. The fourth-order valence-corrected chi connectivity index (χ4v) is 4.68. The lowest BCUT2D eigenvalue weighted by atomic mass is 10.0. The van der Waals surface area contributed by atoms with E-state index in [1.165, 1.54) is 11.6 Å². The maximum absolute atomic E-state index is 13.4. The van der Waals surface area contributed by atoms with Gasteiger partial charge in [0.2, 0.25) is 0 Å². The molecule has 31 heavy (non-hydrogen) atoms. The maximum atomic E-state index is 13.4. The van der Waals surface area contributed by atoms with E-state index in [0.717, 1.165) is 22.7 Å². The highest BCUT2D eigenvalue weighted by Crippen LogP contribution is 2.45. The summed E-state index contributed by atoms with van der Waals surface area (Å²) in [5, 5.41) is 0.512. The molecule has 0 unspecified atom stereocenters. The van der Waals surface area contributed by atoms with Gasteiger partial charge in [-0.2, -0.15) is 0 Å². The third-order valence-electron chi connectivity index (χ3n) is 6.13. The Morgan fingerprint density at radius 3 is 2.35 bits per heavy atom. The number of ether oxygens (including phenoxy) is 1. The Morgan fingerprint density at radius 1 is 1.00 bits per heavy atom. The highest BCUT2D eigenvalue weighted by Gasteiger charge is 2.41. The van der Waals surface area contributed by atoms with Crippen LogP contribution >= 0.6 is 0 Å². The smallest absolute Gasteiger partial charge is 0.331 e. The van der Waals surface area contributed by atoms with E-state index < -0.39 is 11.6 Å². The topological polar surface area (TPSA) is 71.3 Å². The molecular formula is C24H25N3O4. The van der Waals surface area contributed by atoms with Gasteiger partial charge in [0.05, 0.1) is 34.4 Å². The number of fused-ring (bicyclic) bond motifs is 3. The molecule has 4 heterocycles. The van der Waals surface area contributed by atoms with Crippen LogP contribution < -0.4 is 11.2 Å². The summed E-state index contributed by atoms with van der Waals surface area (Å²) < 4.78 is 17.1. The Bertz CT molecular complexity index is 1430. The highest BCUT2D eigenvalue weighted by atomic mass is 16.5. The lowest BCUT2D eigenvalue weighted by Gasteiger charge is -2.38. The molecule has 0 bridgehead atoms. The molecule has 0 fully saturated rings. The van der Waals surface area contributed by atoms with E-state index in [0.29, 0.717) is 23.3 Å². The number of nitrogens with zero attached hydrogens (tertiary/aromatic N) is 3. The lowest BCUT2D eigenvalue weighted by molar-refractivity contribution is -0.0166. The number of aromatic nitrogens is 3. The fraction of sp³-hybridized carbons (Fsp3) is 0.333. The first kappa shape index (κ1) is 19.6. The zero-order valence-electron chi connectivity index (χ0n) is 18.3. The van der Waals surface area contributed by atoms with Gasteiger partial charge < -0.3 is 13.7 Å². The van der Waals surface area contributed by atoms with Crippen molar-refractivity contribution in [2.75, 3.05) is 6.61 Å². The average molecular weight is 419 g/mol. The molecule has 0 saturated heterocycles. The first-order chi connectivity index (χ1) is 14.7. The normalized spacial score (nSPS) is 17.8. The fourth-order valence-electron chi connectivity index (χ4n) is 4.68. The van der Waals surface area contributed by atoms with Crippen LogP contribution in [0.5, 0.6) is 0 Å². The average Bonchev–Trinajstić information content (AvgIpc) is 3.34. The maximum Gasteiger partial charge on any atom is 0.331 e. The van der Waals surface area contributed by atoms with Gasteiger partial charge in [-0.05, 0) is 38.5 Å². The minimum absolute atomic E-state index is 0.316. The molecule has 5 rings (SSSR count). The molecule has 160 valence electrons. The number of hydrogen-bond acceptors (Lipinski definition) is 4. The van der Waals surface area contributed by atoms with E-state index in [9.17, 15) is 9.59 Å². The van der Waals surface area contributed by atoms with E-state index in [-0.39, 0.29) is 11.2 Å². The zero-order chi connectivity index (χ0) is 22.1. The summed E-state index contributed by atoms with van der Waals surface area (Å²) in [4.78, 5) is 26.3. The zero-order valence-corrected chi connectivity index (χ0v) is 18.3. The summed E-state index contributed by atoms with van der Waals surface area (Å²) in [5.41, 5.74) is 1.92. The summed E-state index contributed by atoms with van der Waals surface area (Å²) in [6, 6.07) is 13.6. The van der Waals surface area contributed by atoms with Crippen LogP contribution in [-0.4, -0.2) is 20.3 Å². The van der Waals surface area contributed by atoms with Crippen molar-refractivity contribution in [2.45, 2.75) is 32.4 Å².